The van der Waals surface area contributed by atoms with Gasteiger partial charge >= 0.3 is 0 Å². The maximum absolute atomic E-state index is 11.2. The predicted octanol–water partition coefficient (Wildman–Crippen LogP) is 1.15. The molecule has 0 bridgehead atoms. The quantitative estimate of drug-likeness (QED) is 0.809. The van der Waals surface area contributed by atoms with E-state index < -0.39 is 5.91 Å². The van der Waals surface area contributed by atoms with Crippen molar-refractivity contribution >= 4 is 11.7 Å². The van der Waals surface area contributed by atoms with Crippen LogP contribution in [0.25, 0.3) is 0 Å². The van der Waals surface area contributed by atoms with E-state index in [2.05, 4.69) is 10.4 Å². The molecule has 2 aromatic rings. The summed E-state index contributed by atoms with van der Waals surface area (Å²) in [5.74, 6) is 0.263. The highest BCUT2D eigenvalue weighted by atomic mass is 16.1. The molecule has 5 heteroatoms. The van der Waals surface area contributed by atoms with E-state index in [4.69, 9.17) is 5.73 Å². The third kappa shape index (κ3) is 1.56. The third-order valence-electron chi connectivity index (χ3n) is 2.97. The monoisotopic (exact) mass is 228 g/mol. The summed E-state index contributed by atoms with van der Waals surface area (Å²) in [7, 11) is 0. The molecular weight excluding hydrogens is 216 g/mol. The van der Waals surface area contributed by atoms with Gasteiger partial charge in [0, 0.05) is 0 Å². The molecule has 3 N–H and O–H groups in total. The van der Waals surface area contributed by atoms with Crippen molar-refractivity contribution in [2.24, 2.45) is 5.73 Å². The van der Waals surface area contributed by atoms with Crippen LogP contribution in [0.1, 0.15) is 22.0 Å². The van der Waals surface area contributed by atoms with Crippen LogP contribution in [-0.2, 0) is 6.54 Å². The number of hydrogen-bond donors (Lipinski definition) is 2. The number of nitrogens with two attached hydrogens (primary N) is 1. The van der Waals surface area contributed by atoms with E-state index >= 15 is 0 Å². The van der Waals surface area contributed by atoms with Crippen LogP contribution in [-0.4, -0.2) is 15.7 Å². The summed E-state index contributed by atoms with van der Waals surface area (Å²) in [6.45, 7) is 0.715. The van der Waals surface area contributed by atoms with Crippen molar-refractivity contribution in [2.45, 2.75) is 12.6 Å². The summed E-state index contributed by atoms with van der Waals surface area (Å²) < 4.78 is 1.78. The first kappa shape index (κ1) is 9.89. The van der Waals surface area contributed by atoms with E-state index in [0.29, 0.717) is 17.9 Å². The molecule has 3 rings (SSSR count). The number of benzene rings is 1. The summed E-state index contributed by atoms with van der Waals surface area (Å²) in [6.07, 6.45) is 1.51. The molecule has 0 radical (unpaired) electrons. The molecule has 1 aromatic carbocycles. The number of carbonyl (C=O) groups is 1. The summed E-state index contributed by atoms with van der Waals surface area (Å²) in [5, 5.41) is 7.43. The maximum atomic E-state index is 11.2. The normalized spacial score (nSPS) is 17.5. The Morgan fingerprint density at radius 1 is 1.41 bits per heavy atom. The van der Waals surface area contributed by atoms with Gasteiger partial charge < -0.3 is 11.1 Å². The number of amides is 1. The van der Waals surface area contributed by atoms with Crippen molar-refractivity contribution in [1.82, 2.24) is 9.78 Å². The zero-order valence-corrected chi connectivity index (χ0v) is 9.13. The Morgan fingerprint density at radius 2 is 2.18 bits per heavy atom. The number of anilines is 1. The van der Waals surface area contributed by atoms with Gasteiger partial charge in [0.2, 0.25) is 0 Å². The van der Waals surface area contributed by atoms with Crippen LogP contribution in [0.4, 0.5) is 5.82 Å². The highest BCUT2D eigenvalue weighted by molar-refractivity contribution is 5.97. The molecule has 17 heavy (non-hydrogen) atoms. The maximum Gasteiger partial charge on any atom is 0.254 e. The average Bonchev–Trinajstić information content (AvgIpc) is 2.88. The molecule has 2 heterocycles. The van der Waals surface area contributed by atoms with Crippen molar-refractivity contribution in [3.05, 3.63) is 47.7 Å². The SMILES string of the molecule is NC(=O)c1cnn2c1NC(c1ccccc1)C2. The van der Waals surface area contributed by atoms with Crippen LogP contribution in [0.3, 0.4) is 0 Å². The zero-order valence-electron chi connectivity index (χ0n) is 9.13. The predicted molar refractivity (Wildman–Crippen MR) is 63.6 cm³/mol. The fourth-order valence-corrected chi connectivity index (χ4v) is 2.11. The van der Waals surface area contributed by atoms with Gasteiger partial charge in [-0.25, -0.2) is 4.68 Å². The highest BCUT2D eigenvalue weighted by Crippen LogP contribution is 2.30. The molecule has 0 aliphatic carbocycles. The Morgan fingerprint density at radius 3 is 2.88 bits per heavy atom. The van der Waals surface area contributed by atoms with Gasteiger partial charge in [-0.3, -0.25) is 4.79 Å². The standard InChI is InChI=1S/C12H12N4O/c13-11(17)9-6-14-16-7-10(15-12(9)16)8-4-2-1-3-5-8/h1-6,10,15H,7H2,(H2,13,17). The van der Waals surface area contributed by atoms with Gasteiger partial charge in [0.1, 0.15) is 11.4 Å². The van der Waals surface area contributed by atoms with Crippen molar-refractivity contribution in [3.8, 4) is 0 Å². The lowest BCUT2D eigenvalue weighted by Crippen LogP contribution is -2.13. The molecule has 0 fully saturated rings. The molecule has 1 aromatic heterocycles. The summed E-state index contributed by atoms with van der Waals surface area (Å²) >= 11 is 0. The first-order valence-electron chi connectivity index (χ1n) is 5.43. The number of primary amides is 1. The van der Waals surface area contributed by atoms with Crippen LogP contribution in [0, 0.1) is 0 Å². The number of carbonyl (C=O) groups excluding carboxylic acids is 1. The van der Waals surface area contributed by atoms with Crippen LogP contribution in [0.5, 0.6) is 0 Å². The average molecular weight is 228 g/mol. The molecule has 86 valence electrons. The van der Waals surface area contributed by atoms with Crippen LogP contribution < -0.4 is 11.1 Å². The Labute approximate surface area is 98.2 Å². The van der Waals surface area contributed by atoms with Gasteiger partial charge in [-0.2, -0.15) is 5.10 Å². The number of rotatable bonds is 2. The second-order valence-electron chi connectivity index (χ2n) is 4.06. The number of nitrogens with zero attached hydrogens (tertiary/aromatic N) is 2. The lowest BCUT2D eigenvalue weighted by atomic mass is 10.1. The van der Waals surface area contributed by atoms with Gasteiger partial charge in [0.05, 0.1) is 18.8 Å². The second-order valence-corrected chi connectivity index (χ2v) is 4.06. The van der Waals surface area contributed by atoms with Gasteiger partial charge in [-0.15, -0.1) is 0 Å². The third-order valence-corrected chi connectivity index (χ3v) is 2.97. The Balaban J connectivity index is 1.91. The number of aromatic nitrogens is 2. The Kier molecular flexibility index (Phi) is 2.11. The smallest absolute Gasteiger partial charge is 0.254 e. The molecule has 0 saturated carbocycles. The molecular formula is C12H12N4O. The molecule has 1 aliphatic heterocycles. The van der Waals surface area contributed by atoms with Gasteiger partial charge in [0.15, 0.2) is 0 Å². The molecule has 0 saturated heterocycles. The van der Waals surface area contributed by atoms with E-state index in [-0.39, 0.29) is 6.04 Å². The van der Waals surface area contributed by atoms with Crippen molar-refractivity contribution in [2.75, 3.05) is 5.32 Å². The van der Waals surface area contributed by atoms with Gasteiger partial charge in [-0.1, -0.05) is 30.3 Å². The number of nitrogens with one attached hydrogen (secondary N) is 1. The van der Waals surface area contributed by atoms with E-state index in [1.165, 1.54) is 11.8 Å². The minimum atomic E-state index is -0.451. The zero-order chi connectivity index (χ0) is 11.8. The topological polar surface area (TPSA) is 72.9 Å². The first-order chi connectivity index (χ1) is 8.25. The molecule has 1 atom stereocenters. The van der Waals surface area contributed by atoms with Crippen molar-refractivity contribution in [1.29, 1.82) is 0 Å². The van der Waals surface area contributed by atoms with Crippen molar-refractivity contribution < 1.29 is 4.79 Å². The molecule has 1 amide bonds. The van der Waals surface area contributed by atoms with Gasteiger partial charge in [0.25, 0.3) is 5.91 Å². The number of fused-ring (bicyclic) bond motifs is 1. The lowest BCUT2D eigenvalue weighted by molar-refractivity contribution is 0.100. The largest absolute Gasteiger partial charge is 0.365 e. The van der Waals surface area contributed by atoms with Crippen LogP contribution in [0.15, 0.2) is 36.5 Å². The van der Waals surface area contributed by atoms with E-state index in [0.717, 1.165) is 0 Å². The van der Waals surface area contributed by atoms with Crippen LogP contribution >= 0.6 is 0 Å². The molecule has 1 aliphatic rings. The molecule has 5 nitrogen and oxygen atoms in total. The fourth-order valence-electron chi connectivity index (χ4n) is 2.11. The van der Waals surface area contributed by atoms with E-state index in [9.17, 15) is 4.79 Å². The van der Waals surface area contributed by atoms with Crippen LogP contribution in [0.2, 0.25) is 0 Å². The minimum absolute atomic E-state index is 0.151. The second kappa shape index (κ2) is 3.62. The van der Waals surface area contributed by atoms with Crippen molar-refractivity contribution in [3.63, 3.8) is 0 Å². The first-order valence-corrected chi connectivity index (χ1v) is 5.43. The molecule has 1 unspecified atom stereocenters. The Bertz CT molecular complexity index is 561. The lowest BCUT2D eigenvalue weighted by Gasteiger charge is -2.10. The molecule has 0 spiro atoms. The van der Waals surface area contributed by atoms with E-state index in [1.54, 1.807) is 4.68 Å². The summed E-state index contributed by atoms with van der Waals surface area (Å²) in [4.78, 5) is 11.2. The Hall–Kier alpha value is -2.30. The van der Waals surface area contributed by atoms with E-state index in [1.807, 2.05) is 30.3 Å². The minimum Gasteiger partial charge on any atom is -0.365 e. The highest BCUT2D eigenvalue weighted by Gasteiger charge is 2.26. The number of hydrogen-bond acceptors (Lipinski definition) is 3. The van der Waals surface area contributed by atoms with Gasteiger partial charge in [-0.05, 0) is 5.56 Å². The summed E-state index contributed by atoms with van der Waals surface area (Å²) in [6, 6.07) is 10.2. The summed E-state index contributed by atoms with van der Waals surface area (Å²) in [5.41, 5.74) is 6.91. The fraction of sp³-hybridized carbons (Fsp3) is 0.167.